The Morgan fingerprint density at radius 1 is 0.875 bits per heavy atom. The molecule has 1 aliphatic heterocycles. The summed E-state index contributed by atoms with van der Waals surface area (Å²) in [6.45, 7) is 5.29. The molecule has 1 heterocycles. The second-order valence-electron chi connectivity index (χ2n) is 8.03. The molecule has 1 atom stereocenters. The number of carbonyl (C=O) groups is 1. The maximum absolute atomic E-state index is 13.2. The van der Waals surface area contributed by atoms with Gasteiger partial charge in [0.1, 0.15) is 0 Å². The smallest absolute Gasteiger partial charge is 0.318 e. The molecule has 0 aliphatic carbocycles. The van der Waals surface area contributed by atoms with Gasteiger partial charge in [0.2, 0.25) is 0 Å². The highest BCUT2D eigenvalue weighted by molar-refractivity contribution is 7.92. The zero-order valence-corrected chi connectivity index (χ0v) is 19.0. The number of amides is 2. The Hall–Kier alpha value is -3.32. The zero-order chi connectivity index (χ0) is 22.7. The Morgan fingerprint density at radius 2 is 1.53 bits per heavy atom. The lowest BCUT2D eigenvalue weighted by Crippen LogP contribution is -2.50. The molecular formula is C25H27N3O3S. The standard InChI is InChI=1S/C25H27N3O3S/c1-19-9-15-24(16-10-19)32(30,31)26-22-11-13-23(14-12-22)28-18-6-17-27(25(28)29)20(2)21-7-4-3-5-8-21/h3-5,7-16,20,26H,6,17-18H2,1-2H3. The van der Waals surface area contributed by atoms with Crippen LogP contribution >= 0.6 is 0 Å². The van der Waals surface area contributed by atoms with Crippen molar-refractivity contribution < 1.29 is 13.2 Å². The van der Waals surface area contributed by atoms with Gasteiger partial charge in [-0.15, -0.1) is 0 Å². The minimum Gasteiger partial charge on any atom is -0.318 e. The fourth-order valence-electron chi connectivity index (χ4n) is 3.90. The molecule has 1 unspecified atom stereocenters. The molecule has 0 spiro atoms. The van der Waals surface area contributed by atoms with Crippen molar-refractivity contribution in [3.05, 3.63) is 90.0 Å². The topological polar surface area (TPSA) is 69.7 Å². The van der Waals surface area contributed by atoms with E-state index in [1.165, 1.54) is 0 Å². The Morgan fingerprint density at radius 3 is 2.19 bits per heavy atom. The molecule has 1 aliphatic rings. The highest BCUT2D eigenvalue weighted by atomic mass is 32.2. The monoisotopic (exact) mass is 449 g/mol. The Bertz CT molecular complexity index is 1180. The third kappa shape index (κ3) is 4.62. The van der Waals surface area contributed by atoms with Crippen LogP contribution in [0.25, 0.3) is 0 Å². The van der Waals surface area contributed by atoms with Crippen LogP contribution in [0.15, 0.2) is 83.8 Å². The van der Waals surface area contributed by atoms with E-state index in [9.17, 15) is 13.2 Å². The first-order valence-electron chi connectivity index (χ1n) is 10.7. The lowest BCUT2D eigenvalue weighted by Gasteiger charge is -2.39. The first-order chi connectivity index (χ1) is 15.3. The van der Waals surface area contributed by atoms with Crippen LogP contribution in [0.4, 0.5) is 16.2 Å². The predicted molar refractivity (Wildman–Crippen MR) is 127 cm³/mol. The van der Waals surface area contributed by atoms with E-state index in [0.29, 0.717) is 18.8 Å². The second kappa shape index (κ2) is 9.04. The van der Waals surface area contributed by atoms with E-state index in [2.05, 4.69) is 4.72 Å². The van der Waals surface area contributed by atoms with Crippen molar-refractivity contribution in [1.82, 2.24) is 4.90 Å². The van der Waals surface area contributed by atoms with Crippen LogP contribution in [0, 0.1) is 6.92 Å². The van der Waals surface area contributed by atoms with Crippen LogP contribution in [0.1, 0.15) is 30.5 Å². The Labute approximate surface area is 189 Å². The Balaban J connectivity index is 1.48. The fourth-order valence-corrected chi connectivity index (χ4v) is 4.96. The van der Waals surface area contributed by atoms with Crippen molar-refractivity contribution in [2.45, 2.75) is 31.2 Å². The van der Waals surface area contributed by atoms with Crippen LogP contribution in [-0.2, 0) is 10.0 Å². The zero-order valence-electron chi connectivity index (χ0n) is 18.2. The maximum Gasteiger partial charge on any atom is 0.324 e. The molecule has 1 fully saturated rings. The maximum atomic E-state index is 13.2. The van der Waals surface area contributed by atoms with Crippen LogP contribution in [-0.4, -0.2) is 32.4 Å². The lowest BCUT2D eigenvalue weighted by atomic mass is 10.1. The Kier molecular flexibility index (Phi) is 6.19. The van der Waals surface area contributed by atoms with Crippen molar-refractivity contribution in [3.8, 4) is 0 Å². The van der Waals surface area contributed by atoms with Crippen LogP contribution < -0.4 is 9.62 Å². The van der Waals surface area contributed by atoms with Gasteiger partial charge in [0.05, 0.1) is 10.9 Å². The van der Waals surface area contributed by atoms with Crippen LogP contribution in [0.2, 0.25) is 0 Å². The summed E-state index contributed by atoms with van der Waals surface area (Å²) in [5.74, 6) is 0. The minimum atomic E-state index is -3.67. The van der Waals surface area contributed by atoms with E-state index >= 15 is 0 Å². The van der Waals surface area contributed by atoms with E-state index in [1.807, 2.05) is 49.1 Å². The van der Waals surface area contributed by atoms with Gasteiger partial charge in [-0.1, -0.05) is 48.0 Å². The van der Waals surface area contributed by atoms with E-state index in [4.69, 9.17) is 0 Å². The third-order valence-corrected chi connectivity index (χ3v) is 7.17. The molecular weight excluding hydrogens is 422 g/mol. The summed E-state index contributed by atoms with van der Waals surface area (Å²) in [6, 6.07) is 23.6. The number of aryl methyl sites for hydroxylation is 1. The van der Waals surface area contributed by atoms with Gasteiger partial charge in [0.25, 0.3) is 10.0 Å². The molecule has 32 heavy (non-hydrogen) atoms. The molecule has 0 aromatic heterocycles. The number of nitrogens with zero attached hydrogens (tertiary/aromatic N) is 2. The average Bonchev–Trinajstić information content (AvgIpc) is 2.80. The normalized spacial score (nSPS) is 15.5. The SMILES string of the molecule is Cc1ccc(S(=O)(=O)Nc2ccc(N3CCCN(C(C)c4ccccc4)C3=O)cc2)cc1. The highest BCUT2D eigenvalue weighted by Gasteiger charge is 2.30. The van der Waals surface area contributed by atoms with Gasteiger partial charge in [-0.25, -0.2) is 13.2 Å². The summed E-state index contributed by atoms with van der Waals surface area (Å²) < 4.78 is 27.8. The number of nitrogens with one attached hydrogen (secondary N) is 1. The molecule has 7 heteroatoms. The summed E-state index contributed by atoms with van der Waals surface area (Å²) in [7, 11) is -3.67. The molecule has 3 aromatic carbocycles. The summed E-state index contributed by atoms with van der Waals surface area (Å²) >= 11 is 0. The van der Waals surface area contributed by atoms with Crippen molar-refractivity contribution in [2.75, 3.05) is 22.7 Å². The summed E-state index contributed by atoms with van der Waals surface area (Å²) in [5, 5.41) is 0. The molecule has 6 nitrogen and oxygen atoms in total. The van der Waals surface area contributed by atoms with Crippen LogP contribution in [0.5, 0.6) is 0 Å². The summed E-state index contributed by atoms with van der Waals surface area (Å²) in [6.07, 6.45) is 0.866. The van der Waals surface area contributed by atoms with E-state index < -0.39 is 10.0 Å². The fraction of sp³-hybridized carbons (Fsp3) is 0.240. The van der Waals surface area contributed by atoms with Gasteiger partial charge in [0, 0.05) is 24.5 Å². The first kappa shape index (κ1) is 21.9. The summed E-state index contributed by atoms with van der Waals surface area (Å²) in [4.78, 5) is 17.1. The van der Waals surface area contributed by atoms with Gasteiger partial charge >= 0.3 is 6.03 Å². The molecule has 166 valence electrons. The molecule has 0 bridgehead atoms. The number of anilines is 2. The number of hydrogen-bond acceptors (Lipinski definition) is 3. The van der Waals surface area contributed by atoms with Gasteiger partial charge in [-0.2, -0.15) is 0 Å². The van der Waals surface area contributed by atoms with Crippen molar-refractivity contribution in [2.24, 2.45) is 0 Å². The largest absolute Gasteiger partial charge is 0.324 e. The quantitative estimate of drug-likeness (QED) is 0.563. The molecule has 4 rings (SSSR count). The van der Waals surface area contributed by atoms with E-state index in [-0.39, 0.29) is 17.0 Å². The molecule has 0 radical (unpaired) electrons. The molecule has 2 amide bonds. The van der Waals surface area contributed by atoms with Crippen LogP contribution in [0.3, 0.4) is 0 Å². The predicted octanol–water partition coefficient (Wildman–Crippen LogP) is 5.19. The first-order valence-corrected chi connectivity index (χ1v) is 12.2. The highest BCUT2D eigenvalue weighted by Crippen LogP contribution is 2.28. The van der Waals surface area contributed by atoms with Gasteiger partial charge in [0.15, 0.2) is 0 Å². The van der Waals surface area contributed by atoms with Crippen molar-refractivity contribution in [1.29, 1.82) is 0 Å². The molecule has 1 saturated heterocycles. The van der Waals surface area contributed by atoms with Gasteiger partial charge < -0.3 is 4.90 Å². The molecule has 3 aromatic rings. The number of benzene rings is 3. The number of urea groups is 1. The average molecular weight is 450 g/mol. The van der Waals surface area contributed by atoms with Crippen molar-refractivity contribution >= 4 is 27.4 Å². The third-order valence-electron chi connectivity index (χ3n) is 5.77. The second-order valence-corrected chi connectivity index (χ2v) is 9.72. The van der Waals surface area contributed by atoms with Gasteiger partial charge in [-0.05, 0) is 62.2 Å². The number of sulfonamides is 1. The number of hydrogen-bond donors (Lipinski definition) is 1. The number of carbonyl (C=O) groups excluding carboxylic acids is 1. The lowest BCUT2D eigenvalue weighted by molar-refractivity contribution is 0.175. The van der Waals surface area contributed by atoms with E-state index in [0.717, 1.165) is 23.2 Å². The van der Waals surface area contributed by atoms with Gasteiger partial charge in [-0.3, -0.25) is 9.62 Å². The van der Waals surface area contributed by atoms with E-state index in [1.54, 1.807) is 53.4 Å². The van der Waals surface area contributed by atoms with Crippen molar-refractivity contribution in [3.63, 3.8) is 0 Å². The number of rotatable bonds is 6. The minimum absolute atomic E-state index is 0.0212. The molecule has 1 N–H and O–H groups in total. The summed E-state index contributed by atoms with van der Waals surface area (Å²) in [5.41, 5.74) is 3.30. The molecule has 0 saturated carbocycles.